The highest BCUT2D eigenvalue weighted by atomic mass is 32.1. The molecule has 12 heavy (non-hydrogen) atoms. The maximum absolute atomic E-state index is 4.55. The molecule has 0 aliphatic heterocycles. The molecule has 0 bridgehead atoms. The van der Waals surface area contributed by atoms with Crippen LogP contribution in [0.1, 0.15) is 50.4 Å². The minimum atomic E-state index is 0.171. The molecular weight excluding hydrogens is 168 g/mol. The van der Waals surface area contributed by atoms with E-state index < -0.39 is 0 Å². The summed E-state index contributed by atoms with van der Waals surface area (Å²) in [6.45, 7) is 6.55. The Morgan fingerprint density at radius 1 is 1.33 bits per heavy atom. The summed E-state index contributed by atoms with van der Waals surface area (Å²) in [5.74, 6) is 1.78. The van der Waals surface area contributed by atoms with Crippen molar-refractivity contribution in [3.8, 4) is 0 Å². The van der Waals surface area contributed by atoms with Crippen LogP contribution in [0.3, 0.4) is 0 Å². The molecule has 0 saturated heterocycles. The summed E-state index contributed by atoms with van der Waals surface area (Å²) >= 11 is 1.56. The van der Waals surface area contributed by atoms with Crippen LogP contribution in [-0.2, 0) is 5.41 Å². The van der Waals surface area contributed by atoms with Gasteiger partial charge in [-0.1, -0.05) is 20.8 Å². The summed E-state index contributed by atoms with van der Waals surface area (Å²) in [4.78, 5) is 4.55. The predicted molar refractivity (Wildman–Crippen MR) is 50.6 cm³/mol. The molecule has 3 heteroatoms. The Bertz CT molecular complexity index is 281. The average molecular weight is 182 g/mol. The number of nitrogens with zero attached hydrogens (tertiary/aromatic N) is 2. The first-order valence-corrected chi connectivity index (χ1v) is 5.19. The number of hydrogen-bond donors (Lipinski definition) is 0. The van der Waals surface area contributed by atoms with Crippen molar-refractivity contribution in [3.63, 3.8) is 0 Å². The molecule has 1 fully saturated rings. The van der Waals surface area contributed by atoms with Gasteiger partial charge in [-0.15, -0.1) is 0 Å². The lowest BCUT2D eigenvalue weighted by atomic mass is 9.98. The molecule has 2 rings (SSSR count). The highest BCUT2D eigenvalue weighted by molar-refractivity contribution is 7.05. The van der Waals surface area contributed by atoms with Gasteiger partial charge in [-0.2, -0.15) is 4.37 Å². The fraction of sp³-hybridized carbons (Fsp3) is 0.778. The fourth-order valence-electron chi connectivity index (χ4n) is 1.05. The van der Waals surface area contributed by atoms with Crippen LogP contribution in [-0.4, -0.2) is 9.36 Å². The molecule has 1 aromatic heterocycles. The van der Waals surface area contributed by atoms with E-state index in [0.717, 1.165) is 5.82 Å². The monoisotopic (exact) mass is 182 g/mol. The lowest BCUT2D eigenvalue weighted by Crippen LogP contribution is -2.10. The quantitative estimate of drug-likeness (QED) is 0.667. The van der Waals surface area contributed by atoms with Gasteiger partial charge in [0.15, 0.2) is 0 Å². The molecule has 1 aliphatic rings. The number of hydrogen-bond acceptors (Lipinski definition) is 3. The van der Waals surface area contributed by atoms with Crippen LogP contribution in [0.4, 0.5) is 0 Å². The second kappa shape index (κ2) is 2.52. The van der Waals surface area contributed by atoms with Crippen LogP contribution in [0.25, 0.3) is 0 Å². The van der Waals surface area contributed by atoms with Crippen LogP contribution >= 0.6 is 11.5 Å². The minimum Gasteiger partial charge on any atom is -0.224 e. The molecule has 66 valence electrons. The molecule has 0 spiro atoms. The molecule has 1 heterocycles. The van der Waals surface area contributed by atoms with Crippen LogP contribution in [0.15, 0.2) is 0 Å². The van der Waals surface area contributed by atoms with Gasteiger partial charge in [0, 0.05) is 11.3 Å². The zero-order chi connectivity index (χ0) is 8.77. The lowest BCUT2D eigenvalue weighted by Gasteiger charge is -2.12. The topological polar surface area (TPSA) is 25.8 Å². The zero-order valence-corrected chi connectivity index (χ0v) is 8.61. The fourth-order valence-corrected chi connectivity index (χ4v) is 1.82. The van der Waals surface area contributed by atoms with Crippen molar-refractivity contribution in [2.24, 2.45) is 0 Å². The number of rotatable bonds is 1. The van der Waals surface area contributed by atoms with Crippen molar-refractivity contribution in [2.75, 3.05) is 0 Å². The van der Waals surface area contributed by atoms with E-state index in [1.54, 1.807) is 11.5 Å². The smallest absolute Gasteiger partial charge is 0.145 e. The predicted octanol–water partition coefficient (Wildman–Crippen LogP) is 2.71. The van der Waals surface area contributed by atoms with E-state index in [-0.39, 0.29) is 5.41 Å². The summed E-state index contributed by atoms with van der Waals surface area (Å²) in [5, 5.41) is 1.17. The molecule has 2 nitrogen and oxygen atoms in total. The van der Waals surface area contributed by atoms with E-state index >= 15 is 0 Å². The molecule has 1 aliphatic carbocycles. The Balaban J connectivity index is 2.23. The molecule has 0 N–H and O–H groups in total. The largest absolute Gasteiger partial charge is 0.224 e. The third kappa shape index (κ3) is 1.51. The van der Waals surface area contributed by atoms with Crippen molar-refractivity contribution in [3.05, 3.63) is 10.8 Å². The summed E-state index contributed by atoms with van der Waals surface area (Å²) in [6, 6.07) is 0. The zero-order valence-electron chi connectivity index (χ0n) is 7.79. The Hall–Kier alpha value is -0.440. The van der Waals surface area contributed by atoms with Gasteiger partial charge in [0.1, 0.15) is 10.8 Å². The highest BCUT2D eigenvalue weighted by Gasteiger charge is 2.29. The van der Waals surface area contributed by atoms with Crippen molar-refractivity contribution in [2.45, 2.75) is 44.9 Å². The van der Waals surface area contributed by atoms with Gasteiger partial charge >= 0.3 is 0 Å². The summed E-state index contributed by atoms with van der Waals surface area (Å²) in [5.41, 5.74) is 0.171. The Morgan fingerprint density at radius 2 is 2.00 bits per heavy atom. The third-order valence-electron chi connectivity index (χ3n) is 2.03. The lowest BCUT2D eigenvalue weighted by molar-refractivity contribution is 0.582. The van der Waals surface area contributed by atoms with E-state index in [0.29, 0.717) is 5.92 Å². The SMILES string of the molecule is CC(C)(C)c1nc(C2CC2)ns1. The van der Waals surface area contributed by atoms with Crippen LogP contribution in [0.2, 0.25) is 0 Å². The first-order chi connectivity index (χ1) is 5.57. The minimum absolute atomic E-state index is 0.171. The van der Waals surface area contributed by atoms with Gasteiger partial charge in [-0.05, 0) is 24.4 Å². The maximum atomic E-state index is 4.55. The first-order valence-electron chi connectivity index (χ1n) is 4.41. The van der Waals surface area contributed by atoms with Gasteiger partial charge in [0.2, 0.25) is 0 Å². The molecule has 0 unspecified atom stereocenters. The highest BCUT2D eigenvalue weighted by Crippen LogP contribution is 2.39. The van der Waals surface area contributed by atoms with Gasteiger partial charge in [-0.3, -0.25) is 0 Å². The first kappa shape index (κ1) is 8.17. The van der Waals surface area contributed by atoms with Crippen LogP contribution in [0, 0.1) is 0 Å². The molecule has 0 amide bonds. The second-order valence-electron chi connectivity index (χ2n) is 4.48. The summed E-state index contributed by atoms with van der Waals surface area (Å²) in [6.07, 6.45) is 2.58. The van der Waals surface area contributed by atoms with Crippen molar-refractivity contribution < 1.29 is 0 Å². The Morgan fingerprint density at radius 3 is 2.42 bits per heavy atom. The standard InChI is InChI=1S/C9H14N2S/c1-9(2,3)8-10-7(11-12-8)6-4-5-6/h6H,4-5H2,1-3H3. The van der Waals surface area contributed by atoms with E-state index in [1.807, 2.05) is 0 Å². The van der Waals surface area contributed by atoms with Gasteiger partial charge in [-0.25, -0.2) is 4.98 Å². The molecule has 0 atom stereocenters. The van der Waals surface area contributed by atoms with Crippen LogP contribution < -0.4 is 0 Å². The maximum Gasteiger partial charge on any atom is 0.145 e. The number of aromatic nitrogens is 2. The molecular formula is C9H14N2S. The summed E-state index contributed by atoms with van der Waals surface area (Å²) in [7, 11) is 0. The van der Waals surface area contributed by atoms with Crippen LogP contribution in [0.5, 0.6) is 0 Å². The van der Waals surface area contributed by atoms with Gasteiger partial charge in [0.05, 0.1) is 0 Å². The van der Waals surface area contributed by atoms with Crippen molar-refractivity contribution in [1.82, 2.24) is 9.36 Å². The van der Waals surface area contributed by atoms with E-state index in [9.17, 15) is 0 Å². The Labute approximate surface area is 77.2 Å². The van der Waals surface area contributed by atoms with Gasteiger partial charge < -0.3 is 0 Å². The van der Waals surface area contributed by atoms with Crippen molar-refractivity contribution >= 4 is 11.5 Å². The molecule has 1 aromatic rings. The second-order valence-corrected chi connectivity index (χ2v) is 5.23. The average Bonchev–Trinajstić information content (AvgIpc) is 2.66. The molecule has 1 saturated carbocycles. The summed E-state index contributed by atoms with van der Waals surface area (Å²) < 4.78 is 4.38. The Kier molecular flexibility index (Phi) is 1.72. The van der Waals surface area contributed by atoms with E-state index in [1.165, 1.54) is 17.8 Å². The molecule has 0 aromatic carbocycles. The molecule has 0 radical (unpaired) electrons. The van der Waals surface area contributed by atoms with Gasteiger partial charge in [0.25, 0.3) is 0 Å². The third-order valence-corrected chi connectivity index (χ3v) is 3.18. The van der Waals surface area contributed by atoms with Crippen molar-refractivity contribution in [1.29, 1.82) is 0 Å². The normalized spacial score (nSPS) is 18.2. The van der Waals surface area contributed by atoms with E-state index in [2.05, 4.69) is 30.1 Å². The van der Waals surface area contributed by atoms with E-state index in [4.69, 9.17) is 0 Å².